The average molecular weight is 762 g/mol. The molecular formula is C56H47N3. The van der Waals surface area contributed by atoms with Crippen molar-refractivity contribution < 1.29 is 0 Å². The van der Waals surface area contributed by atoms with E-state index in [1.165, 1.54) is 125 Å². The van der Waals surface area contributed by atoms with Crippen molar-refractivity contribution >= 4 is 65.4 Å². The third-order valence-electron chi connectivity index (χ3n) is 12.6. The summed E-state index contributed by atoms with van der Waals surface area (Å²) in [5.41, 5.74) is 17.4. The summed E-state index contributed by atoms with van der Waals surface area (Å²) in [5, 5.41) is 7.60. The highest BCUT2D eigenvalue weighted by Gasteiger charge is 2.17. The van der Waals surface area contributed by atoms with E-state index >= 15 is 0 Å². The summed E-state index contributed by atoms with van der Waals surface area (Å²) in [7, 11) is 0. The minimum absolute atomic E-state index is 1.11. The highest BCUT2D eigenvalue weighted by molar-refractivity contribution is 6.13. The van der Waals surface area contributed by atoms with Gasteiger partial charge in [0, 0.05) is 54.7 Å². The van der Waals surface area contributed by atoms with Gasteiger partial charge in [0.15, 0.2) is 0 Å². The van der Waals surface area contributed by atoms with Gasteiger partial charge in [-0.1, -0.05) is 112 Å². The van der Waals surface area contributed by atoms with Crippen LogP contribution in [0.25, 0.3) is 99.0 Å². The van der Waals surface area contributed by atoms with Crippen molar-refractivity contribution in [1.29, 1.82) is 0 Å². The molecule has 11 aromatic rings. The molecular weight excluding hydrogens is 715 g/mol. The number of nitrogens with zero attached hydrogens (tertiary/aromatic N) is 2. The van der Waals surface area contributed by atoms with Crippen molar-refractivity contribution in [3.63, 3.8) is 0 Å². The molecule has 3 heterocycles. The maximum Gasteiger partial charge on any atom is 0.0541 e. The molecule has 0 saturated carbocycles. The Morgan fingerprint density at radius 1 is 0.356 bits per heavy atom. The molecule has 286 valence electrons. The van der Waals surface area contributed by atoms with Crippen LogP contribution in [0.5, 0.6) is 0 Å². The van der Waals surface area contributed by atoms with E-state index in [0.717, 1.165) is 23.9 Å². The van der Waals surface area contributed by atoms with Gasteiger partial charge in [0.1, 0.15) is 0 Å². The predicted octanol–water partition coefficient (Wildman–Crippen LogP) is 15.5. The summed E-state index contributed by atoms with van der Waals surface area (Å²) < 4.78 is 4.88. The van der Waals surface area contributed by atoms with E-state index in [1.54, 1.807) is 0 Å². The Kier molecular flexibility index (Phi) is 8.69. The summed E-state index contributed by atoms with van der Waals surface area (Å²) in [4.78, 5) is 3.71. The number of fused-ring (bicyclic) bond motifs is 9. The molecule has 1 N–H and O–H groups in total. The topological polar surface area (TPSA) is 25.6 Å². The van der Waals surface area contributed by atoms with Gasteiger partial charge in [-0.15, -0.1) is 0 Å². The first-order chi connectivity index (χ1) is 29.1. The van der Waals surface area contributed by atoms with E-state index in [0.29, 0.717) is 0 Å². The minimum atomic E-state index is 1.11. The fourth-order valence-electron chi connectivity index (χ4n) is 9.58. The molecule has 0 aliphatic rings. The highest BCUT2D eigenvalue weighted by atomic mass is 15.0. The molecule has 0 spiro atoms. The van der Waals surface area contributed by atoms with Crippen molar-refractivity contribution in [2.45, 2.75) is 52.4 Å². The number of aromatic nitrogens is 3. The molecule has 0 aliphatic heterocycles. The van der Waals surface area contributed by atoms with E-state index in [2.05, 4.69) is 198 Å². The Balaban J connectivity index is 0.994. The molecule has 0 radical (unpaired) electrons. The van der Waals surface area contributed by atoms with Gasteiger partial charge in [0.05, 0.1) is 22.1 Å². The van der Waals surface area contributed by atoms with Crippen molar-refractivity contribution in [1.82, 2.24) is 14.1 Å². The third-order valence-corrected chi connectivity index (χ3v) is 12.6. The molecule has 3 aromatic heterocycles. The fraction of sp³-hybridized carbons (Fsp3) is 0.143. The monoisotopic (exact) mass is 761 g/mol. The summed E-state index contributed by atoms with van der Waals surface area (Å²) in [5.74, 6) is 0. The number of rotatable bonds is 10. The van der Waals surface area contributed by atoms with Crippen LogP contribution in [0.2, 0.25) is 0 Å². The predicted molar refractivity (Wildman–Crippen MR) is 253 cm³/mol. The maximum absolute atomic E-state index is 3.71. The Morgan fingerprint density at radius 2 is 0.763 bits per heavy atom. The molecule has 0 bridgehead atoms. The first-order valence-corrected chi connectivity index (χ1v) is 21.5. The molecule has 0 atom stereocenters. The summed E-state index contributed by atoms with van der Waals surface area (Å²) in [6.45, 7) is 4.52. The number of para-hydroxylation sites is 2. The number of hydrogen-bond donors (Lipinski definition) is 1. The molecule has 11 rings (SSSR count). The van der Waals surface area contributed by atoms with Gasteiger partial charge < -0.3 is 14.1 Å². The van der Waals surface area contributed by atoms with Crippen LogP contribution in [0.1, 0.15) is 50.7 Å². The van der Waals surface area contributed by atoms with E-state index in [4.69, 9.17) is 0 Å². The molecule has 8 aromatic carbocycles. The summed E-state index contributed by atoms with van der Waals surface area (Å²) in [6, 6.07) is 63.7. The number of nitrogens with one attached hydrogen (secondary N) is 1. The lowest BCUT2D eigenvalue weighted by atomic mass is 9.98. The van der Waals surface area contributed by atoms with Gasteiger partial charge in [0.25, 0.3) is 0 Å². The first-order valence-electron chi connectivity index (χ1n) is 21.5. The van der Waals surface area contributed by atoms with Crippen LogP contribution in [0.3, 0.4) is 0 Å². The van der Waals surface area contributed by atoms with Gasteiger partial charge in [0.2, 0.25) is 0 Å². The molecule has 59 heavy (non-hydrogen) atoms. The fourth-order valence-corrected chi connectivity index (χ4v) is 9.58. The first kappa shape index (κ1) is 35.3. The third kappa shape index (κ3) is 6.03. The SMILES string of the molecule is CCCCc1cccc(-n2c3ccccc3c3cc(-c4ccc5[nH]c6ccc(-c7ccc8c(c7)c7ccccc7n8-c7cccc(CCCC)c7)cc6c5c4)ccc32)c1. The van der Waals surface area contributed by atoms with E-state index in [9.17, 15) is 0 Å². The number of aryl methyl sites for hydroxylation is 2. The second-order valence-corrected chi connectivity index (χ2v) is 16.4. The van der Waals surface area contributed by atoms with Crippen molar-refractivity contribution in [2.75, 3.05) is 0 Å². The highest BCUT2D eigenvalue weighted by Crippen LogP contribution is 2.39. The lowest BCUT2D eigenvalue weighted by Gasteiger charge is -2.10. The molecule has 0 amide bonds. The van der Waals surface area contributed by atoms with Gasteiger partial charge in [-0.25, -0.2) is 0 Å². The summed E-state index contributed by atoms with van der Waals surface area (Å²) >= 11 is 0. The van der Waals surface area contributed by atoms with Gasteiger partial charge in [-0.2, -0.15) is 0 Å². The smallest absolute Gasteiger partial charge is 0.0541 e. The Bertz CT molecular complexity index is 3150. The Labute approximate surface area is 345 Å². The maximum atomic E-state index is 3.71. The zero-order chi connectivity index (χ0) is 39.5. The number of H-pyrrole nitrogens is 1. The van der Waals surface area contributed by atoms with Crippen molar-refractivity contribution in [3.05, 3.63) is 181 Å². The Morgan fingerprint density at radius 3 is 1.22 bits per heavy atom. The van der Waals surface area contributed by atoms with Crippen LogP contribution >= 0.6 is 0 Å². The zero-order valence-corrected chi connectivity index (χ0v) is 33.8. The van der Waals surface area contributed by atoms with Crippen LogP contribution in [-0.4, -0.2) is 14.1 Å². The van der Waals surface area contributed by atoms with E-state index in [1.807, 2.05) is 0 Å². The molecule has 0 unspecified atom stereocenters. The number of hydrogen-bond acceptors (Lipinski definition) is 0. The van der Waals surface area contributed by atoms with Crippen LogP contribution in [0, 0.1) is 0 Å². The summed E-state index contributed by atoms with van der Waals surface area (Å²) in [6.07, 6.45) is 7.04. The molecule has 0 saturated heterocycles. The van der Waals surface area contributed by atoms with Gasteiger partial charge in [-0.3, -0.25) is 0 Å². The van der Waals surface area contributed by atoms with Crippen LogP contribution < -0.4 is 0 Å². The second kappa shape index (κ2) is 14.5. The van der Waals surface area contributed by atoms with Crippen molar-refractivity contribution in [3.8, 4) is 33.6 Å². The Hall–Kier alpha value is -6.84. The van der Waals surface area contributed by atoms with Crippen LogP contribution in [-0.2, 0) is 12.8 Å². The van der Waals surface area contributed by atoms with E-state index in [-0.39, 0.29) is 0 Å². The standard InChI is InChI=1S/C56H47N3/c1-3-5-13-37-15-11-17-43(31-37)58-53-21-9-7-19-45(53)49-35-41(25-29-55(49)58)39-23-27-51-47(33-39)48-34-40(24-28-52(48)57-51)42-26-30-56-50(36-42)46-20-8-10-22-54(46)59(56)44-18-12-16-38(32-44)14-6-4-2/h7-12,15-36,57H,3-6,13-14H2,1-2H3. The number of benzene rings is 8. The van der Waals surface area contributed by atoms with Gasteiger partial charge in [-0.05, 0) is 144 Å². The van der Waals surface area contributed by atoms with Crippen LogP contribution in [0.15, 0.2) is 170 Å². The lowest BCUT2D eigenvalue weighted by Crippen LogP contribution is -1.95. The average Bonchev–Trinajstić information content (AvgIpc) is 3.94. The molecule has 3 heteroatoms. The quantitative estimate of drug-likeness (QED) is 0.144. The zero-order valence-electron chi connectivity index (χ0n) is 33.8. The van der Waals surface area contributed by atoms with Crippen molar-refractivity contribution in [2.24, 2.45) is 0 Å². The van der Waals surface area contributed by atoms with Gasteiger partial charge >= 0.3 is 0 Å². The number of aromatic amines is 1. The number of unbranched alkanes of at least 4 members (excludes halogenated alkanes) is 2. The normalized spacial score (nSPS) is 12.0. The lowest BCUT2D eigenvalue weighted by molar-refractivity contribution is 0.794. The molecule has 0 fully saturated rings. The largest absolute Gasteiger partial charge is 0.355 e. The van der Waals surface area contributed by atoms with E-state index < -0.39 is 0 Å². The molecule has 0 aliphatic carbocycles. The van der Waals surface area contributed by atoms with Crippen LogP contribution in [0.4, 0.5) is 0 Å². The minimum Gasteiger partial charge on any atom is -0.355 e. The second-order valence-electron chi connectivity index (χ2n) is 16.4. The molecule has 3 nitrogen and oxygen atoms in total.